The van der Waals surface area contributed by atoms with Gasteiger partial charge in [-0.05, 0) is 39.0 Å². The van der Waals surface area contributed by atoms with Gasteiger partial charge in [-0.3, -0.25) is 19.2 Å². The molecule has 10 nitrogen and oxygen atoms in total. The molecule has 1 N–H and O–H groups in total. The molecule has 1 rings (SSSR count). The smallest absolute Gasteiger partial charge is 0.333 e. The average Bonchev–Trinajstić information content (AvgIpc) is 2.77. The van der Waals surface area contributed by atoms with Crippen LogP contribution in [0.15, 0.2) is 12.2 Å². The van der Waals surface area contributed by atoms with Crippen molar-refractivity contribution in [2.45, 2.75) is 64.9 Å². The fourth-order valence-corrected chi connectivity index (χ4v) is 3.01. The third kappa shape index (κ3) is 10.4. The summed E-state index contributed by atoms with van der Waals surface area (Å²) in [5.41, 5.74) is 0.244. The van der Waals surface area contributed by atoms with Gasteiger partial charge in [0.2, 0.25) is 0 Å². The van der Waals surface area contributed by atoms with Gasteiger partial charge >= 0.3 is 29.8 Å². The van der Waals surface area contributed by atoms with Crippen LogP contribution in [0.3, 0.4) is 0 Å². The summed E-state index contributed by atoms with van der Waals surface area (Å²) in [6.07, 6.45) is 1.26. The van der Waals surface area contributed by atoms with Crippen LogP contribution in [-0.2, 0) is 42.9 Å². The number of ether oxygens (including phenoxy) is 4. The minimum Gasteiger partial charge on any atom is -0.481 e. The molecule has 0 spiro atoms. The van der Waals surface area contributed by atoms with Crippen molar-refractivity contribution in [2.24, 2.45) is 11.8 Å². The van der Waals surface area contributed by atoms with Crippen LogP contribution in [0, 0.1) is 11.8 Å². The number of hydrogen-bond donors (Lipinski definition) is 1. The van der Waals surface area contributed by atoms with E-state index in [2.05, 4.69) is 6.58 Å². The van der Waals surface area contributed by atoms with Gasteiger partial charge in [0.05, 0.1) is 24.7 Å². The zero-order valence-corrected chi connectivity index (χ0v) is 18.6. The number of carbonyl (C=O) groups is 5. The van der Waals surface area contributed by atoms with E-state index in [1.54, 1.807) is 6.92 Å². The lowest BCUT2D eigenvalue weighted by Gasteiger charge is -2.24. The Morgan fingerprint density at radius 3 is 1.97 bits per heavy atom. The molecule has 180 valence electrons. The third-order valence-corrected chi connectivity index (χ3v) is 5.04. The van der Waals surface area contributed by atoms with E-state index in [4.69, 9.17) is 24.1 Å². The molecule has 0 aromatic heterocycles. The molecule has 0 aromatic rings. The van der Waals surface area contributed by atoms with Crippen LogP contribution in [0.25, 0.3) is 0 Å². The summed E-state index contributed by atoms with van der Waals surface area (Å²) in [5, 5.41) is 8.97. The third-order valence-electron chi connectivity index (χ3n) is 5.04. The van der Waals surface area contributed by atoms with E-state index >= 15 is 0 Å². The SMILES string of the molecule is C=C(C)C(=O)OC(CC)COC(=O)CCC(=O)OCCOC(=O)C1CCC(C(=O)O)CC1. The van der Waals surface area contributed by atoms with Gasteiger partial charge in [-0.15, -0.1) is 0 Å². The molecule has 0 radical (unpaired) electrons. The second-order valence-electron chi connectivity index (χ2n) is 7.67. The normalized spacial score (nSPS) is 18.7. The lowest BCUT2D eigenvalue weighted by Crippen LogP contribution is -2.28. The maximum Gasteiger partial charge on any atom is 0.333 e. The highest BCUT2D eigenvalue weighted by Crippen LogP contribution is 2.29. The molecule has 10 heteroatoms. The van der Waals surface area contributed by atoms with Gasteiger partial charge in [0, 0.05) is 5.57 Å². The average molecular weight is 456 g/mol. The molecule has 1 saturated carbocycles. The summed E-state index contributed by atoms with van der Waals surface area (Å²) < 4.78 is 20.1. The minimum atomic E-state index is -0.844. The van der Waals surface area contributed by atoms with Crippen LogP contribution >= 0.6 is 0 Å². The van der Waals surface area contributed by atoms with Crippen LogP contribution in [0.2, 0.25) is 0 Å². The molecule has 1 unspecified atom stereocenters. The molecule has 1 aliphatic rings. The second-order valence-corrected chi connectivity index (χ2v) is 7.67. The number of carboxylic acid groups (broad SMARTS) is 1. The standard InChI is InChI=1S/C22H32O10/c1-4-17(32-21(27)14(2)3)13-31-19(24)10-9-18(23)29-11-12-30-22(28)16-7-5-15(6-8-16)20(25)26/h15-17H,2,4-13H2,1,3H3,(H,25,26). The van der Waals surface area contributed by atoms with Crippen molar-refractivity contribution < 1.29 is 48.0 Å². The van der Waals surface area contributed by atoms with Crippen LogP contribution < -0.4 is 0 Å². The fourth-order valence-electron chi connectivity index (χ4n) is 3.01. The second kappa shape index (κ2) is 14.2. The van der Waals surface area contributed by atoms with Crippen LogP contribution in [0.1, 0.15) is 58.8 Å². The van der Waals surface area contributed by atoms with Crippen molar-refractivity contribution in [1.29, 1.82) is 0 Å². The molecule has 0 heterocycles. The predicted octanol–water partition coefficient (Wildman–Crippen LogP) is 2.19. The van der Waals surface area contributed by atoms with Gasteiger partial charge in [-0.2, -0.15) is 0 Å². The van der Waals surface area contributed by atoms with Crippen LogP contribution in [-0.4, -0.2) is 60.9 Å². The van der Waals surface area contributed by atoms with Crippen LogP contribution in [0.5, 0.6) is 0 Å². The van der Waals surface area contributed by atoms with Crippen molar-refractivity contribution in [3.05, 3.63) is 12.2 Å². The Morgan fingerprint density at radius 1 is 0.906 bits per heavy atom. The van der Waals surface area contributed by atoms with E-state index in [1.165, 1.54) is 6.92 Å². The van der Waals surface area contributed by atoms with E-state index in [1.807, 2.05) is 0 Å². The largest absolute Gasteiger partial charge is 0.481 e. The molecule has 32 heavy (non-hydrogen) atoms. The molecule has 0 aromatic carbocycles. The maximum absolute atomic E-state index is 12.0. The van der Waals surface area contributed by atoms with Gasteiger partial charge in [-0.25, -0.2) is 4.79 Å². The number of hydrogen-bond acceptors (Lipinski definition) is 9. The Morgan fingerprint density at radius 2 is 1.44 bits per heavy atom. The number of esters is 4. The minimum absolute atomic E-state index is 0.111. The number of aliphatic carboxylic acids is 1. The Balaban J connectivity index is 2.14. The molecule has 1 atom stereocenters. The first-order valence-corrected chi connectivity index (χ1v) is 10.7. The predicted molar refractivity (Wildman–Crippen MR) is 110 cm³/mol. The highest BCUT2D eigenvalue weighted by Gasteiger charge is 2.30. The maximum atomic E-state index is 12.0. The topological polar surface area (TPSA) is 142 Å². The van der Waals surface area contributed by atoms with E-state index in [0.29, 0.717) is 32.1 Å². The highest BCUT2D eigenvalue weighted by atomic mass is 16.6. The Kier molecular flexibility index (Phi) is 12.0. The van der Waals surface area contributed by atoms with Gasteiger partial charge in [0.1, 0.15) is 25.9 Å². The number of carbonyl (C=O) groups excluding carboxylic acids is 4. The monoisotopic (exact) mass is 456 g/mol. The zero-order chi connectivity index (χ0) is 24.1. The number of carboxylic acids is 1. The van der Waals surface area contributed by atoms with Crippen molar-refractivity contribution in [3.63, 3.8) is 0 Å². The highest BCUT2D eigenvalue weighted by molar-refractivity contribution is 5.87. The van der Waals surface area contributed by atoms with E-state index in [-0.39, 0.29) is 44.2 Å². The first-order valence-electron chi connectivity index (χ1n) is 10.7. The van der Waals surface area contributed by atoms with Crippen molar-refractivity contribution >= 4 is 29.8 Å². The zero-order valence-electron chi connectivity index (χ0n) is 18.6. The summed E-state index contributed by atoms with van der Waals surface area (Å²) in [5.74, 6) is -3.85. The molecule has 0 amide bonds. The quantitative estimate of drug-likeness (QED) is 0.190. The van der Waals surface area contributed by atoms with Gasteiger partial charge < -0.3 is 24.1 Å². The lowest BCUT2D eigenvalue weighted by atomic mass is 9.82. The molecule has 0 aliphatic heterocycles. The molecular weight excluding hydrogens is 424 g/mol. The molecule has 1 fully saturated rings. The van der Waals surface area contributed by atoms with E-state index in [0.717, 1.165) is 0 Å². The van der Waals surface area contributed by atoms with Gasteiger partial charge in [0.15, 0.2) is 0 Å². The fraction of sp³-hybridized carbons (Fsp3) is 0.682. The summed E-state index contributed by atoms with van der Waals surface area (Å²) in [7, 11) is 0. The summed E-state index contributed by atoms with van der Waals surface area (Å²) in [4.78, 5) is 57.9. The first kappa shape index (κ1) is 27.1. The van der Waals surface area contributed by atoms with Gasteiger partial charge in [-0.1, -0.05) is 13.5 Å². The van der Waals surface area contributed by atoms with E-state index < -0.39 is 41.9 Å². The summed E-state index contributed by atoms with van der Waals surface area (Å²) in [6, 6.07) is 0. The Labute approximate surface area is 187 Å². The Hall–Kier alpha value is -2.91. The van der Waals surface area contributed by atoms with Crippen molar-refractivity contribution in [3.8, 4) is 0 Å². The lowest BCUT2D eigenvalue weighted by molar-refractivity contribution is -0.159. The molecule has 0 saturated heterocycles. The molecule has 0 bridgehead atoms. The molecule has 1 aliphatic carbocycles. The Bertz CT molecular complexity index is 691. The first-order chi connectivity index (χ1) is 15.1. The van der Waals surface area contributed by atoms with Gasteiger partial charge in [0.25, 0.3) is 0 Å². The van der Waals surface area contributed by atoms with E-state index in [9.17, 15) is 24.0 Å². The van der Waals surface area contributed by atoms with Crippen molar-refractivity contribution in [2.75, 3.05) is 19.8 Å². The van der Waals surface area contributed by atoms with Crippen molar-refractivity contribution in [1.82, 2.24) is 0 Å². The number of rotatable bonds is 13. The summed E-state index contributed by atoms with van der Waals surface area (Å²) in [6.45, 7) is 6.40. The van der Waals surface area contributed by atoms with Crippen LogP contribution in [0.4, 0.5) is 0 Å². The molecular formula is C22H32O10. The summed E-state index contributed by atoms with van der Waals surface area (Å²) >= 11 is 0.